The lowest BCUT2D eigenvalue weighted by atomic mass is 10.2. The summed E-state index contributed by atoms with van der Waals surface area (Å²) < 4.78 is 28.0. The minimum Gasteiger partial charge on any atom is -0.364 e. The minimum atomic E-state index is -3.17. The molecule has 1 N–H and O–H groups in total. The Kier molecular flexibility index (Phi) is 6.69. The summed E-state index contributed by atoms with van der Waals surface area (Å²) in [4.78, 5) is 9.67. The molecule has 3 rings (SSSR count). The molecule has 0 atom stereocenters. The van der Waals surface area contributed by atoms with Crippen LogP contribution in [-0.4, -0.2) is 68.3 Å². The molecule has 0 radical (unpaired) electrons. The molecule has 1 fully saturated rings. The number of benzene rings is 1. The molecule has 2 heterocycles. The fourth-order valence-electron chi connectivity index (χ4n) is 3.10. The fraction of sp³-hybridized carbons (Fsp3) is 0.474. The van der Waals surface area contributed by atoms with Gasteiger partial charge in [0.25, 0.3) is 0 Å². The summed E-state index contributed by atoms with van der Waals surface area (Å²) in [5.74, 6) is 0.885. The van der Waals surface area contributed by atoms with Crippen LogP contribution in [0.4, 0.5) is 0 Å². The van der Waals surface area contributed by atoms with Crippen molar-refractivity contribution in [3.63, 3.8) is 0 Å². The Hall–Kier alpha value is -2.39. The second-order valence-corrected chi connectivity index (χ2v) is 8.86. The Morgan fingerprint density at radius 2 is 1.89 bits per heavy atom. The normalized spacial score (nSPS) is 16.4. The standard InChI is InChI=1S/C19H27N5O3S/c1-3-20-19(21-14-16-4-6-18(7-5-16)28(2,25)26)24-11-9-23(10-12-24)15-17-8-13-27-22-17/h4-8,13H,3,9-12,14-15H2,1-2H3,(H,20,21). The summed E-state index contributed by atoms with van der Waals surface area (Å²) in [6.07, 6.45) is 2.82. The monoisotopic (exact) mass is 405 g/mol. The van der Waals surface area contributed by atoms with Gasteiger partial charge in [-0.3, -0.25) is 4.90 Å². The van der Waals surface area contributed by atoms with Crippen LogP contribution in [0.25, 0.3) is 0 Å². The first-order valence-electron chi connectivity index (χ1n) is 9.39. The van der Waals surface area contributed by atoms with E-state index in [9.17, 15) is 8.42 Å². The molecular weight excluding hydrogens is 378 g/mol. The lowest BCUT2D eigenvalue weighted by Gasteiger charge is -2.36. The van der Waals surface area contributed by atoms with Crippen molar-refractivity contribution in [2.75, 3.05) is 39.0 Å². The van der Waals surface area contributed by atoms with Crippen molar-refractivity contribution in [1.29, 1.82) is 0 Å². The van der Waals surface area contributed by atoms with E-state index in [4.69, 9.17) is 9.52 Å². The lowest BCUT2D eigenvalue weighted by molar-refractivity contribution is 0.169. The first kappa shape index (κ1) is 20.3. The van der Waals surface area contributed by atoms with Crippen LogP contribution in [0.3, 0.4) is 0 Å². The molecule has 9 heteroatoms. The van der Waals surface area contributed by atoms with Crippen LogP contribution in [0.1, 0.15) is 18.2 Å². The first-order valence-corrected chi connectivity index (χ1v) is 11.3. The molecule has 28 heavy (non-hydrogen) atoms. The number of hydrogen-bond donors (Lipinski definition) is 1. The number of piperazine rings is 1. The SMILES string of the molecule is CCNC(=NCc1ccc(S(C)(=O)=O)cc1)N1CCN(Cc2ccon2)CC1. The highest BCUT2D eigenvalue weighted by Crippen LogP contribution is 2.12. The van der Waals surface area contributed by atoms with Crippen molar-refractivity contribution in [2.45, 2.75) is 24.9 Å². The van der Waals surface area contributed by atoms with E-state index >= 15 is 0 Å². The van der Waals surface area contributed by atoms with Crippen LogP contribution in [-0.2, 0) is 22.9 Å². The third-order valence-corrected chi connectivity index (χ3v) is 5.77. The van der Waals surface area contributed by atoms with Gasteiger partial charge < -0.3 is 14.7 Å². The second-order valence-electron chi connectivity index (χ2n) is 6.84. The van der Waals surface area contributed by atoms with Crippen molar-refractivity contribution in [2.24, 2.45) is 4.99 Å². The lowest BCUT2D eigenvalue weighted by Crippen LogP contribution is -2.52. The van der Waals surface area contributed by atoms with E-state index in [2.05, 4.69) is 27.2 Å². The van der Waals surface area contributed by atoms with Crippen molar-refractivity contribution in [3.8, 4) is 0 Å². The predicted octanol–water partition coefficient (Wildman–Crippen LogP) is 1.36. The Bertz CT molecular complexity index is 871. The van der Waals surface area contributed by atoms with E-state index in [0.29, 0.717) is 11.4 Å². The number of guanidine groups is 1. The quantitative estimate of drug-likeness (QED) is 0.573. The van der Waals surface area contributed by atoms with Gasteiger partial charge in [-0.25, -0.2) is 13.4 Å². The summed E-state index contributed by atoms with van der Waals surface area (Å²) in [6, 6.07) is 8.80. The number of nitrogens with zero attached hydrogens (tertiary/aromatic N) is 4. The topological polar surface area (TPSA) is 91.0 Å². The summed E-state index contributed by atoms with van der Waals surface area (Å²) in [5.41, 5.74) is 1.93. The summed E-state index contributed by atoms with van der Waals surface area (Å²) in [7, 11) is -3.17. The molecule has 1 aliphatic heterocycles. The minimum absolute atomic E-state index is 0.329. The van der Waals surface area contributed by atoms with Gasteiger partial charge in [-0.1, -0.05) is 17.3 Å². The number of aliphatic imine (C=N–C) groups is 1. The summed E-state index contributed by atoms with van der Waals surface area (Å²) >= 11 is 0. The number of hydrogen-bond acceptors (Lipinski definition) is 6. The highest BCUT2D eigenvalue weighted by molar-refractivity contribution is 7.90. The maximum atomic E-state index is 11.6. The summed E-state index contributed by atoms with van der Waals surface area (Å²) in [5, 5.41) is 7.33. The predicted molar refractivity (Wildman–Crippen MR) is 108 cm³/mol. The maximum absolute atomic E-state index is 11.6. The number of rotatable bonds is 6. The molecule has 0 bridgehead atoms. The highest BCUT2D eigenvalue weighted by Gasteiger charge is 2.20. The zero-order valence-electron chi connectivity index (χ0n) is 16.3. The van der Waals surface area contributed by atoms with Crippen molar-refractivity contribution < 1.29 is 12.9 Å². The largest absolute Gasteiger partial charge is 0.364 e. The van der Waals surface area contributed by atoms with Gasteiger partial charge in [-0.05, 0) is 24.6 Å². The van der Waals surface area contributed by atoms with Crippen LogP contribution < -0.4 is 5.32 Å². The third-order valence-electron chi connectivity index (χ3n) is 4.65. The summed E-state index contributed by atoms with van der Waals surface area (Å²) in [6.45, 7) is 7.78. The molecule has 152 valence electrons. The van der Waals surface area contributed by atoms with Gasteiger partial charge in [0, 0.05) is 51.6 Å². The zero-order valence-corrected chi connectivity index (χ0v) is 17.2. The molecule has 0 aliphatic carbocycles. The molecule has 0 spiro atoms. The molecule has 1 aliphatic rings. The molecule has 1 aromatic heterocycles. The van der Waals surface area contributed by atoms with Gasteiger partial charge in [0.05, 0.1) is 17.1 Å². The average molecular weight is 406 g/mol. The second kappa shape index (κ2) is 9.20. The smallest absolute Gasteiger partial charge is 0.194 e. The zero-order chi connectivity index (χ0) is 20.0. The van der Waals surface area contributed by atoms with E-state index in [1.165, 1.54) is 6.26 Å². The number of nitrogens with one attached hydrogen (secondary N) is 1. The van der Waals surface area contributed by atoms with Gasteiger partial charge in [0.15, 0.2) is 15.8 Å². The first-order chi connectivity index (χ1) is 13.5. The van der Waals surface area contributed by atoms with Crippen LogP contribution >= 0.6 is 0 Å². The van der Waals surface area contributed by atoms with E-state index in [0.717, 1.165) is 56.5 Å². The van der Waals surface area contributed by atoms with Crippen molar-refractivity contribution in [1.82, 2.24) is 20.3 Å². The fourth-order valence-corrected chi connectivity index (χ4v) is 3.73. The maximum Gasteiger partial charge on any atom is 0.194 e. The van der Waals surface area contributed by atoms with Crippen molar-refractivity contribution in [3.05, 3.63) is 47.9 Å². The van der Waals surface area contributed by atoms with Gasteiger partial charge >= 0.3 is 0 Å². The molecular formula is C19H27N5O3S. The Morgan fingerprint density at radius 1 is 1.18 bits per heavy atom. The van der Waals surface area contributed by atoms with Gasteiger partial charge in [-0.2, -0.15) is 0 Å². The number of aromatic nitrogens is 1. The van der Waals surface area contributed by atoms with Crippen LogP contribution in [0, 0.1) is 0 Å². The van der Waals surface area contributed by atoms with Crippen molar-refractivity contribution >= 4 is 15.8 Å². The van der Waals surface area contributed by atoms with E-state index in [1.54, 1.807) is 18.4 Å². The van der Waals surface area contributed by atoms with E-state index < -0.39 is 9.84 Å². The van der Waals surface area contributed by atoms with Gasteiger partial charge in [0.2, 0.25) is 0 Å². The highest BCUT2D eigenvalue weighted by atomic mass is 32.2. The molecule has 0 amide bonds. The van der Waals surface area contributed by atoms with Gasteiger partial charge in [0.1, 0.15) is 6.26 Å². The van der Waals surface area contributed by atoms with Crippen LogP contribution in [0.2, 0.25) is 0 Å². The average Bonchev–Trinajstić information content (AvgIpc) is 3.18. The molecule has 0 saturated carbocycles. The van der Waals surface area contributed by atoms with E-state index in [1.807, 2.05) is 18.2 Å². The molecule has 1 saturated heterocycles. The Balaban J connectivity index is 1.58. The van der Waals surface area contributed by atoms with E-state index in [-0.39, 0.29) is 0 Å². The van der Waals surface area contributed by atoms with Gasteiger partial charge in [-0.15, -0.1) is 0 Å². The number of sulfone groups is 1. The molecule has 2 aromatic rings. The van der Waals surface area contributed by atoms with Crippen LogP contribution in [0.15, 0.2) is 51.0 Å². The van der Waals surface area contributed by atoms with Crippen LogP contribution in [0.5, 0.6) is 0 Å². The Morgan fingerprint density at radius 3 is 2.46 bits per heavy atom. The third kappa shape index (κ3) is 5.56. The Labute approximate surface area is 166 Å². The molecule has 0 unspecified atom stereocenters. The molecule has 1 aromatic carbocycles. The molecule has 8 nitrogen and oxygen atoms in total.